The second kappa shape index (κ2) is 8.64. The van der Waals surface area contributed by atoms with Crippen LogP contribution in [0.15, 0.2) is 24.5 Å². The second-order valence-electron chi connectivity index (χ2n) is 6.44. The highest BCUT2D eigenvalue weighted by molar-refractivity contribution is 5.80. The number of aromatic nitrogens is 2. The van der Waals surface area contributed by atoms with Crippen LogP contribution in [-0.2, 0) is 9.53 Å². The molecule has 28 heavy (non-hydrogen) atoms. The average molecular weight is 387 g/mol. The van der Waals surface area contributed by atoms with Gasteiger partial charge in [-0.05, 0) is 25.0 Å². The lowest BCUT2D eigenvalue weighted by Crippen LogP contribution is -2.37. The number of anilines is 4. The lowest BCUT2D eigenvalue weighted by Gasteiger charge is -2.32. The molecule has 0 saturated carbocycles. The molecule has 0 aliphatic carbocycles. The van der Waals surface area contributed by atoms with Gasteiger partial charge in [0.05, 0.1) is 32.9 Å². The summed E-state index contributed by atoms with van der Waals surface area (Å²) in [5.41, 5.74) is 7.50. The molecule has 2 aromatic rings. The molecule has 9 nitrogen and oxygen atoms in total. The second-order valence-corrected chi connectivity index (χ2v) is 6.44. The molecule has 0 unspecified atom stereocenters. The van der Waals surface area contributed by atoms with Crippen molar-refractivity contribution in [3.05, 3.63) is 24.5 Å². The van der Waals surface area contributed by atoms with Gasteiger partial charge in [0.1, 0.15) is 23.5 Å². The van der Waals surface area contributed by atoms with Crippen LogP contribution >= 0.6 is 0 Å². The smallest absolute Gasteiger partial charge is 0.308 e. The van der Waals surface area contributed by atoms with Crippen molar-refractivity contribution in [3.8, 4) is 11.5 Å². The highest BCUT2D eigenvalue weighted by Crippen LogP contribution is 2.35. The summed E-state index contributed by atoms with van der Waals surface area (Å²) < 4.78 is 15.5. The zero-order valence-corrected chi connectivity index (χ0v) is 16.3. The Bertz CT molecular complexity index is 837. The van der Waals surface area contributed by atoms with Crippen LogP contribution in [0.1, 0.15) is 12.8 Å². The topological polar surface area (TPSA) is 112 Å². The number of piperidine rings is 1. The Kier molecular flexibility index (Phi) is 6.03. The van der Waals surface area contributed by atoms with Gasteiger partial charge in [0, 0.05) is 19.2 Å². The summed E-state index contributed by atoms with van der Waals surface area (Å²) in [5, 5.41) is 3.20. The summed E-state index contributed by atoms with van der Waals surface area (Å²) >= 11 is 0. The summed E-state index contributed by atoms with van der Waals surface area (Å²) in [4.78, 5) is 22.4. The van der Waals surface area contributed by atoms with Gasteiger partial charge in [-0.25, -0.2) is 9.97 Å². The molecule has 2 heterocycles. The third-order valence-corrected chi connectivity index (χ3v) is 4.85. The highest BCUT2D eigenvalue weighted by Gasteiger charge is 2.27. The number of esters is 1. The van der Waals surface area contributed by atoms with Crippen molar-refractivity contribution in [3.63, 3.8) is 0 Å². The van der Waals surface area contributed by atoms with Crippen LogP contribution in [-0.4, -0.2) is 50.4 Å². The number of hydrogen-bond acceptors (Lipinski definition) is 9. The fraction of sp³-hybridized carbons (Fsp3) is 0.421. The van der Waals surface area contributed by atoms with Crippen LogP contribution in [0.2, 0.25) is 0 Å². The highest BCUT2D eigenvalue weighted by atomic mass is 16.5. The van der Waals surface area contributed by atoms with Crippen molar-refractivity contribution in [2.24, 2.45) is 5.92 Å². The third kappa shape index (κ3) is 4.03. The lowest BCUT2D eigenvalue weighted by molar-refractivity contribution is -0.146. The van der Waals surface area contributed by atoms with Gasteiger partial charge in [0.25, 0.3) is 0 Å². The Balaban J connectivity index is 1.78. The SMILES string of the molecule is COC(=O)C1CCN(c2ncnc(Nc3ccc(OC)cc3OC)c2N)CC1. The maximum Gasteiger partial charge on any atom is 0.308 e. The van der Waals surface area contributed by atoms with Crippen molar-refractivity contribution in [2.75, 3.05) is 50.4 Å². The quantitative estimate of drug-likeness (QED) is 0.720. The van der Waals surface area contributed by atoms with E-state index in [2.05, 4.69) is 20.2 Å². The van der Waals surface area contributed by atoms with Crippen molar-refractivity contribution in [1.29, 1.82) is 0 Å². The van der Waals surface area contributed by atoms with Crippen molar-refractivity contribution in [2.45, 2.75) is 12.8 Å². The molecule has 1 aliphatic rings. The molecule has 1 aromatic heterocycles. The van der Waals surface area contributed by atoms with E-state index in [1.165, 1.54) is 13.4 Å². The number of carbonyl (C=O) groups excluding carboxylic acids is 1. The standard InChI is InChI=1S/C19H25N5O4/c1-26-13-4-5-14(15(10-13)27-2)23-17-16(20)18(22-11-21-17)24-8-6-12(7-9-24)19(25)28-3/h4-5,10-12H,6-9,20H2,1-3H3,(H,21,22,23). The average Bonchev–Trinajstić information content (AvgIpc) is 2.75. The van der Waals surface area contributed by atoms with Gasteiger partial charge < -0.3 is 30.2 Å². The van der Waals surface area contributed by atoms with E-state index in [9.17, 15) is 4.79 Å². The van der Waals surface area contributed by atoms with E-state index in [0.717, 1.165) is 0 Å². The number of ether oxygens (including phenoxy) is 3. The van der Waals surface area contributed by atoms with Crippen LogP contribution in [0, 0.1) is 5.92 Å². The first-order chi connectivity index (χ1) is 13.6. The molecule has 1 saturated heterocycles. The number of carbonyl (C=O) groups is 1. The molecular weight excluding hydrogens is 362 g/mol. The van der Waals surface area contributed by atoms with Crippen molar-refractivity contribution >= 4 is 29.0 Å². The molecule has 0 bridgehead atoms. The Morgan fingerprint density at radius 1 is 1.18 bits per heavy atom. The maximum atomic E-state index is 11.7. The Morgan fingerprint density at radius 2 is 1.93 bits per heavy atom. The fourth-order valence-electron chi connectivity index (χ4n) is 3.26. The number of nitrogens with one attached hydrogen (secondary N) is 1. The first-order valence-electron chi connectivity index (χ1n) is 8.99. The molecular formula is C19H25N5O4. The van der Waals surface area contributed by atoms with Gasteiger partial charge in [-0.3, -0.25) is 4.79 Å². The van der Waals surface area contributed by atoms with Crippen LogP contribution in [0.5, 0.6) is 11.5 Å². The summed E-state index contributed by atoms with van der Waals surface area (Å²) in [6.07, 6.45) is 2.87. The largest absolute Gasteiger partial charge is 0.497 e. The van der Waals surface area contributed by atoms with Gasteiger partial charge in [-0.15, -0.1) is 0 Å². The Hall–Kier alpha value is -3.23. The molecule has 1 aromatic carbocycles. The van der Waals surface area contributed by atoms with Crippen molar-refractivity contribution in [1.82, 2.24) is 9.97 Å². The molecule has 0 radical (unpaired) electrons. The molecule has 3 rings (SSSR count). The Morgan fingerprint density at radius 3 is 2.57 bits per heavy atom. The zero-order valence-electron chi connectivity index (χ0n) is 16.3. The van der Waals surface area contributed by atoms with Gasteiger partial charge in [0.2, 0.25) is 0 Å². The molecule has 0 amide bonds. The van der Waals surface area contributed by atoms with Crippen molar-refractivity contribution < 1.29 is 19.0 Å². The molecule has 0 atom stereocenters. The molecule has 0 spiro atoms. The Labute approximate surface area is 163 Å². The minimum absolute atomic E-state index is 0.0783. The molecule has 150 valence electrons. The maximum absolute atomic E-state index is 11.7. The number of benzene rings is 1. The van der Waals surface area contributed by atoms with E-state index < -0.39 is 0 Å². The molecule has 3 N–H and O–H groups in total. The number of nitrogens with zero attached hydrogens (tertiary/aromatic N) is 3. The third-order valence-electron chi connectivity index (χ3n) is 4.85. The van der Waals surface area contributed by atoms with E-state index in [0.29, 0.717) is 60.4 Å². The van der Waals surface area contributed by atoms with Gasteiger partial charge in [0.15, 0.2) is 11.6 Å². The van der Waals surface area contributed by atoms with E-state index in [1.54, 1.807) is 20.3 Å². The van der Waals surface area contributed by atoms with E-state index in [4.69, 9.17) is 19.9 Å². The molecule has 1 aliphatic heterocycles. The molecule has 1 fully saturated rings. The van der Waals surface area contributed by atoms with Crippen LogP contribution in [0.4, 0.5) is 23.0 Å². The van der Waals surface area contributed by atoms with Crippen LogP contribution < -0.4 is 25.4 Å². The summed E-state index contributed by atoms with van der Waals surface area (Å²) in [7, 11) is 4.60. The summed E-state index contributed by atoms with van der Waals surface area (Å²) in [6, 6.07) is 5.43. The minimum Gasteiger partial charge on any atom is -0.497 e. The molecule has 9 heteroatoms. The van der Waals surface area contributed by atoms with Crippen LogP contribution in [0.3, 0.4) is 0 Å². The van der Waals surface area contributed by atoms with Gasteiger partial charge in [-0.1, -0.05) is 0 Å². The zero-order chi connectivity index (χ0) is 20.1. The summed E-state index contributed by atoms with van der Waals surface area (Å²) in [5.74, 6) is 2.19. The lowest BCUT2D eigenvalue weighted by atomic mass is 9.97. The van der Waals surface area contributed by atoms with E-state index in [1.807, 2.05) is 12.1 Å². The fourth-order valence-corrected chi connectivity index (χ4v) is 3.26. The number of nitrogens with two attached hydrogens (primary N) is 1. The predicted molar refractivity (Wildman–Crippen MR) is 106 cm³/mol. The summed E-state index contributed by atoms with van der Waals surface area (Å²) in [6.45, 7) is 1.35. The van der Waals surface area contributed by atoms with E-state index in [-0.39, 0.29) is 11.9 Å². The number of hydrogen-bond donors (Lipinski definition) is 2. The monoisotopic (exact) mass is 387 g/mol. The first kappa shape index (κ1) is 19.5. The normalized spacial score (nSPS) is 14.5. The van der Waals surface area contributed by atoms with Gasteiger partial charge >= 0.3 is 5.97 Å². The minimum atomic E-state index is -0.163. The first-order valence-corrected chi connectivity index (χ1v) is 8.99. The predicted octanol–water partition coefficient (Wildman–Crippen LogP) is 2.21. The van der Waals surface area contributed by atoms with Crippen LogP contribution in [0.25, 0.3) is 0 Å². The van der Waals surface area contributed by atoms with Gasteiger partial charge in [-0.2, -0.15) is 0 Å². The van der Waals surface area contributed by atoms with E-state index >= 15 is 0 Å². The number of nitrogen functional groups attached to an aromatic ring is 1. The number of rotatable bonds is 6. The number of methoxy groups -OCH3 is 3.